The van der Waals surface area contributed by atoms with E-state index >= 15 is 0 Å². The largest absolute Gasteiger partial charge is 0.505 e. The van der Waals surface area contributed by atoms with E-state index in [-0.39, 0.29) is 23.1 Å². The van der Waals surface area contributed by atoms with E-state index in [1.54, 1.807) is 28.9 Å². The van der Waals surface area contributed by atoms with Crippen LogP contribution in [0.1, 0.15) is 38.7 Å². The molecule has 0 radical (unpaired) electrons. The van der Waals surface area contributed by atoms with Crippen LogP contribution in [-0.2, 0) is 0 Å². The standard InChI is InChI=1S/C19H22N4O3/c1-13-5-3-6-16(21-13)19(26)23-8-4-7-22(9-10-23)18(25)15-11-14(2)20-12-17(15)24/h3,5-6,11-12,24H,4,7-10H2,1-2H3. The molecule has 0 atom stereocenters. The van der Waals surface area contributed by atoms with E-state index in [0.29, 0.717) is 44.0 Å². The second-order valence-corrected chi connectivity index (χ2v) is 6.44. The Labute approximate surface area is 152 Å². The van der Waals surface area contributed by atoms with Crippen LogP contribution in [0, 0.1) is 13.8 Å². The number of rotatable bonds is 2. The monoisotopic (exact) mass is 354 g/mol. The maximum atomic E-state index is 12.7. The molecule has 0 bridgehead atoms. The average Bonchev–Trinajstić information content (AvgIpc) is 2.88. The molecule has 7 nitrogen and oxygen atoms in total. The summed E-state index contributed by atoms with van der Waals surface area (Å²) in [6.45, 7) is 5.57. The van der Waals surface area contributed by atoms with Crippen LogP contribution in [-0.4, -0.2) is 62.9 Å². The molecule has 1 aliphatic rings. The Morgan fingerprint density at radius 3 is 2.38 bits per heavy atom. The molecular formula is C19H22N4O3. The van der Waals surface area contributed by atoms with Crippen molar-refractivity contribution >= 4 is 11.8 Å². The van der Waals surface area contributed by atoms with E-state index in [1.165, 1.54) is 6.20 Å². The molecule has 0 unspecified atom stereocenters. The molecule has 7 heteroatoms. The van der Waals surface area contributed by atoms with E-state index in [2.05, 4.69) is 9.97 Å². The quantitative estimate of drug-likeness (QED) is 0.888. The molecule has 1 saturated heterocycles. The van der Waals surface area contributed by atoms with Crippen LogP contribution in [0.25, 0.3) is 0 Å². The van der Waals surface area contributed by atoms with Gasteiger partial charge in [-0.2, -0.15) is 0 Å². The van der Waals surface area contributed by atoms with Crippen LogP contribution in [0.3, 0.4) is 0 Å². The maximum absolute atomic E-state index is 12.7. The lowest BCUT2D eigenvalue weighted by Crippen LogP contribution is -2.37. The van der Waals surface area contributed by atoms with Gasteiger partial charge in [-0.25, -0.2) is 4.98 Å². The summed E-state index contributed by atoms with van der Waals surface area (Å²) in [7, 11) is 0. The van der Waals surface area contributed by atoms with Crippen LogP contribution in [0.2, 0.25) is 0 Å². The van der Waals surface area contributed by atoms with Crippen LogP contribution in [0.5, 0.6) is 5.75 Å². The number of hydrogen-bond donors (Lipinski definition) is 1. The van der Waals surface area contributed by atoms with Crippen molar-refractivity contribution < 1.29 is 14.7 Å². The zero-order chi connectivity index (χ0) is 18.7. The van der Waals surface area contributed by atoms with Gasteiger partial charge in [0.05, 0.1) is 11.8 Å². The lowest BCUT2D eigenvalue weighted by Gasteiger charge is -2.22. The van der Waals surface area contributed by atoms with Gasteiger partial charge in [0.2, 0.25) is 0 Å². The zero-order valence-electron chi connectivity index (χ0n) is 15.0. The third kappa shape index (κ3) is 3.82. The average molecular weight is 354 g/mol. The second kappa shape index (κ2) is 7.51. The fraction of sp³-hybridized carbons (Fsp3) is 0.368. The van der Waals surface area contributed by atoms with Crippen LogP contribution >= 0.6 is 0 Å². The molecule has 2 aromatic rings. The summed E-state index contributed by atoms with van der Waals surface area (Å²) in [6, 6.07) is 6.96. The maximum Gasteiger partial charge on any atom is 0.272 e. The molecule has 2 aromatic heterocycles. The lowest BCUT2D eigenvalue weighted by molar-refractivity contribution is 0.0714. The SMILES string of the molecule is Cc1cc(C(=O)N2CCCN(C(=O)c3cccc(C)n3)CC2)c(O)cn1. The minimum atomic E-state index is -0.240. The lowest BCUT2D eigenvalue weighted by atomic mass is 10.2. The first-order chi connectivity index (χ1) is 12.5. The smallest absolute Gasteiger partial charge is 0.272 e. The van der Waals surface area contributed by atoms with E-state index in [0.717, 1.165) is 5.69 Å². The molecule has 136 valence electrons. The molecular weight excluding hydrogens is 332 g/mol. The van der Waals surface area contributed by atoms with Crippen LogP contribution in [0.15, 0.2) is 30.5 Å². The number of hydrogen-bond acceptors (Lipinski definition) is 5. The topological polar surface area (TPSA) is 86.6 Å². The summed E-state index contributed by atoms with van der Waals surface area (Å²) < 4.78 is 0. The van der Waals surface area contributed by atoms with Crippen molar-refractivity contribution in [3.8, 4) is 5.75 Å². The van der Waals surface area contributed by atoms with Crippen LogP contribution < -0.4 is 0 Å². The van der Waals surface area contributed by atoms with Crippen molar-refractivity contribution in [2.24, 2.45) is 0 Å². The number of aromatic hydroxyl groups is 1. The fourth-order valence-electron chi connectivity index (χ4n) is 3.04. The Balaban J connectivity index is 1.71. The van der Waals surface area contributed by atoms with Crippen molar-refractivity contribution in [3.05, 3.63) is 53.1 Å². The number of aryl methyl sites for hydroxylation is 2. The van der Waals surface area contributed by atoms with E-state index in [9.17, 15) is 14.7 Å². The molecule has 1 fully saturated rings. The summed E-state index contributed by atoms with van der Waals surface area (Å²) >= 11 is 0. The normalized spacial score (nSPS) is 14.8. The molecule has 0 saturated carbocycles. The van der Waals surface area contributed by atoms with Crippen molar-refractivity contribution in [2.45, 2.75) is 20.3 Å². The highest BCUT2D eigenvalue weighted by molar-refractivity contribution is 5.97. The highest BCUT2D eigenvalue weighted by atomic mass is 16.3. The van der Waals surface area contributed by atoms with Crippen molar-refractivity contribution in [3.63, 3.8) is 0 Å². The number of aromatic nitrogens is 2. The number of carbonyl (C=O) groups excluding carboxylic acids is 2. The Bertz CT molecular complexity index is 837. The fourth-order valence-corrected chi connectivity index (χ4v) is 3.04. The van der Waals surface area contributed by atoms with Gasteiger partial charge in [0.1, 0.15) is 11.4 Å². The minimum Gasteiger partial charge on any atom is -0.505 e. The van der Waals surface area contributed by atoms with Gasteiger partial charge in [0.15, 0.2) is 0 Å². The summed E-state index contributed by atoms with van der Waals surface area (Å²) in [6.07, 6.45) is 1.97. The Hall–Kier alpha value is -2.96. The van der Waals surface area contributed by atoms with Gasteiger partial charge in [-0.3, -0.25) is 14.6 Å². The van der Waals surface area contributed by atoms with Gasteiger partial charge in [-0.15, -0.1) is 0 Å². The first-order valence-electron chi connectivity index (χ1n) is 8.63. The van der Waals surface area contributed by atoms with Crippen molar-refractivity contribution in [2.75, 3.05) is 26.2 Å². The zero-order valence-corrected chi connectivity index (χ0v) is 15.0. The van der Waals surface area contributed by atoms with Gasteiger partial charge in [0, 0.05) is 37.6 Å². The number of carbonyl (C=O) groups is 2. The molecule has 1 N–H and O–H groups in total. The summed E-state index contributed by atoms with van der Waals surface area (Å²) in [5.74, 6) is -0.483. The highest BCUT2D eigenvalue weighted by Crippen LogP contribution is 2.19. The third-order valence-corrected chi connectivity index (χ3v) is 4.43. The number of nitrogens with zero attached hydrogens (tertiary/aromatic N) is 4. The van der Waals surface area contributed by atoms with E-state index < -0.39 is 0 Å². The molecule has 26 heavy (non-hydrogen) atoms. The summed E-state index contributed by atoms with van der Waals surface area (Å²) in [4.78, 5) is 37.1. The molecule has 0 aliphatic carbocycles. The third-order valence-electron chi connectivity index (χ3n) is 4.43. The number of pyridine rings is 2. The Kier molecular flexibility index (Phi) is 5.16. The Morgan fingerprint density at radius 1 is 1.00 bits per heavy atom. The highest BCUT2D eigenvalue weighted by Gasteiger charge is 2.25. The molecule has 0 aromatic carbocycles. The molecule has 2 amide bonds. The van der Waals surface area contributed by atoms with E-state index in [4.69, 9.17) is 0 Å². The molecule has 3 heterocycles. The van der Waals surface area contributed by atoms with Crippen molar-refractivity contribution in [1.82, 2.24) is 19.8 Å². The molecule has 1 aliphatic heterocycles. The van der Waals surface area contributed by atoms with Gasteiger partial charge < -0.3 is 14.9 Å². The van der Waals surface area contributed by atoms with Gasteiger partial charge in [-0.1, -0.05) is 6.07 Å². The van der Waals surface area contributed by atoms with Gasteiger partial charge in [0.25, 0.3) is 11.8 Å². The van der Waals surface area contributed by atoms with Crippen LogP contribution in [0.4, 0.5) is 0 Å². The van der Waals surface area contributed by atoms with Gasteiger partial charge in [-0.05, 0) is 38.5 Å². The van der Waals surface area contributed by atoms with Gasteiger partial charge >= 0.3 is 0 Å². The predicted octanol–water partition coefficient (Wildman–Crippen LogP) is 1.79. The Morgan fingerprint density at radius 2 is 1.69 bits per heavy atom. The summed E-state index contributed by atoms with van der Waals surface area (Å²) in [5, 5.41) is 9.94. The van der Waals surface area contributed by atoms with Crippen molar-refractivity contribution in [1.29, 1.82) is 0 Å². The second-order valence-electron chi connectivity index (χ2n) is 6.44. The molecule has 0 spiro atoms. The van der Waals surface area contributed by atoms with E-state index in [1.807, 2.05) is 19.1 Å². The molecule has 3 rings (SSSR count). The number of amides is 2. The minimum absolute atomic E-state index is 0.120. The first kappa shape index (κ1) is 17.8. The predicted molar refractivity (Wildman–Crippen MR) is 96.0 cm³/mol. The first-order valence-corrected chi connectivity index (χ1v) is 8.63. The summed E-state index contributed by atoms with van der Waals surface area (Å²) in [5.41, 5.74) is 2.14.